The van der Waals surface area contributed by atoms with Crippen LogP contribution < -0.4 is 0 Å². The smallest absolute Gasteiger partial charge is 0.121 e. The predicted molar refractivity (Wildman–Crippen MR) is 45.3 cm³/mol. The van der Waals surface area contributed by atoms with Crippen LogP contribution in [0.3, 0.4) is 0 Å². The van der Waals surface area contributed by atoms with Gasteiger partial charge in [-0.15, -0.1) is 0 Å². The Balaban J connectivity index is 3.37. The largest absolute Gasteiger partial charge is 0.362 e. The molecule has 0 aromatic rings. The normalized spacial score (nSPS) is 12.8. The topological polar surface area (TPSA) is 9.23 Å². The van der Waals surface area contributed by atoms with Crippen molar-refractivity contribution in [1.29, 1.82) is 0 Å². The average molecular weight is 163 g/mol. The Morgan fingerprint density at radius 1 is 1.40 bits per heavy atom. The maximum Gasteiger partial charge on any atom is 0.121 e. The molecule has 0 aliphatic carbocycles. The predicted octanol–water partition coefficient (Wildman–Crippen LogP) is 2.80. The van der Waals surface area contributed by atoms with Crippen LogP contribution in [0.5, 0.6) is 0 Å². The van der Waals surface area contributed by atoms with Gasteiger partial charge < -0.3 is 4.74 Å². The molecular formula is C8H15ClO. The summed E-state index contributed by atoms with van der Waals surface area (Å²) in [6.45, 7) is 7.04. The standard InChI is InChI=1S/C8H15ClO/c1-8(2,3)5-4-6-10-7-9/h4-5H,6-7H2,1-3H3. The first-order valence-electron chi connectivity index (χ1n) is 3.37. The van der Waals surface area contributed by atoms with Crippen molar-refractivity contribution in [2.45, 2.75) is 20.8 Å². The second-order valence-electron chi connectivity index (χ2n) is 3.25. The molecule has 0 saturated carbocycles. The molecular weight excluding hydrogens is 148 g/mol. The lowest BCUT2D eigenvalue weighted by molar-refractivity contribution is 0.211. The monoisotopic (exact) mass is 162 g/mol. The maximum absolute atomic E-state index is 5.30. The van der Waals surface area contributed by atoms with Crippen molar-refractivity contribution in [3.63, 3.8) is 0 Å². The van der Waals surface area contributed by atoms with Crippen LogP contribution >= 0.6 is 11.6 Å². The maximum atomic E-state index is 5.30. The highest BCUT2D eigenvalue weighted by atomic mass is 35.5. The molecule has 0 radical (unpaired) electrons. The summed E-state index contributed by atoms with van der Waals surface area (Å²) >= 11 is 5.30. The van der Waals surface area contributed by atoms with Gasteiger partial charge in [-0.3, -0.25) is 0 Å². The van der Waals surface area contributed by atoms with Gasteiger partial charge in [0.05, 0.1) is 6.61 Å². The van der Waals surface area contributed by atoms with Gasteiger partial charge in [-0.05, 0) is 5.41 Å². The van der Waals surface area contributed by atoms with E-state index in [4.69, 9.17) is 16.3 Å². The molecule has 10 heavy (non-hydrogen) atoms. The molecule has 0 amide bonds. The van der Waals surface area contributed by atoms with Crippen molar-refractivity contribution in [3.05, 3.63) is 12.2 Å². The van der Waals surface area contributed by atoms with Crippen LogP contribution in [-0.4, -0.2) is 12.7 Å². The Morgan fingerprint density at radius 3 is 2.40 bits per heavy atom. The van der Waals surface area contributed by atoms with Crippen molar-refractivity contribution < 1.29 is 4.74 Å². The highest BCUT2D eigenvalue weighted by Crippen LogP contribution is 2.13. The van der Waals surface area contributed by atoms with Gasteiger partial charge in [0, 0.05) is 0 Å². The summed E-state index contributed by atoms with van der Waals surface area (Å²) in [6.07, 6.45) is 4.10. The van der Waals surface area contributed by atoms with E-state index >= 15 is 0 Å². The number of ether oxygens (including phenoxy) is 1. The number of hydrogen-bond acceptors (Lipinski definition) is 1. The molecule has 0 fully saturated rings. The zero-order chi connectivity index (χ0) is 8.04. The van der Waals surface area contributed by atoms with E-state index in [1.54, 1.807) is 0 Å². The third kappa shape index (κ3) is 7.99. The number of halogens is 1. The first-order valence-corrected chi connectivity index (χ1v) is 3.91. The van der Waals surface area contributed by atoms with E-state index in [2.05, 4.69) is 26.8 Å². The number of hydrogen-bond donors (Lipinski definition) is 0. The second-order valence-corrected chi connectivity index (χ2v) is 3.47. The minimum atomic E-state index is 0.246. The van der Waals surface area contributed by atoms with E-state index in [1.807, 2.05) is 6.08 Å². The molecule has 1 nitrogen and oxygen atoms in total. The van der Waals surface area contributed by atoms with E-state index in [0.717, 1.165) is 0 Å². The third-order valence-corrected chi connectivity index (χ3v) is 1.06. The zero-order valence-corrected chi connectivity index (χ0v) is 7.61. The summed E-state index contributed by atoms with van der Waals surface area (Å²) in [7, 11) is 0. The Bertz CT molecular complexity index is 102. The van der Waals surface area contributed by atoms with Gasteiger partial charge in [0.25, 0.3) is 0 Å². The molecule has 2 heteroatoms. The molecule has 0 aromatic carbocycles. The van der Waals surface area contributed by atoms with Crippen molar-refractivity contribution in [1.82, 2.24) is 0 Å². The highest BCUT2D eigenvalue weighted by molar-refractivity contribution is 6.17. The van der Waals surface area contributed by atoms with E-state index in [9.17, 15) is 0 Å². The van der Waals surface area contributed by atoms with E-state index in [0.29, 0.717) is 6.61 Å². The van der Waals surface area contributed by atoms with Gasteiger partial charge in [0.15, 0.2) is 0 Å². The molecule has 0 N–H and O–H groups in total. The molecule has 0 saturated heterocycles. The van der Waals surface area contributed by atoms with E-state index in [1.165, 1.54) is 0 Å². The summed E-state index contributed by atoms with van der Waals surface area (Å²) in [5, 5.41) is 0. The molecule has 0 aliphatic heterocycles. The van der Waals surface area contributed by atoms with Crippen LogP contribution in [0.1, 0.15) is 20.8 Å². The Kier molecular flexibility index (Phi) is 4.75. The molecule has 60 valence electrons. The van der Waals surface area contributed by atoms with Crippen LogP contribution in [0.4, 0.5) is 0 Å². The van der Waals surface area contributed by atoms with Crippen LogP contribution in [0.2, 0.25) is 0 Å². The summed E-state index contributed by atoms with van der Waals surface area (Å²) in [5.74, 6) is 0. The van der Waals surface area contributed by atoms with Crippen molar-refractivity contribution in [3.8, 4) is 0 Å². The van der Waals surface area contributed by atoms with Gasteiger partial charge in [0.1, 0.15) is 6.07 Å². The summed E-state index contributed by atoms with van der Waals surface area (Å²) in [4.78, 5) is 0. The van der Waals surface area contributed by atoms with Gasteiger partial charge >= 0.3 is 0 Å². The first kappa shape index (κ1) is 9.99. The second kappa shape index (κ2) is 4.75. The third-order valence-electron chi connectivity index (χ3n) is 0.909. The van der Waals surface area contributed by atoms with Crippen LogP contribution in [-0.2, 0) is 4.74 Å². The molecule has 0 bridgehead atoms. The molecule has 0 atom stereocenters. The molecule has 0 unspecified atom stereocenters. The van der Waals surface area contributed by atoms with Gasteiger partial charge in [-0.25, -0.2) is 0 Å². The lowest BCUT2D eigenvalue weighted by Crippen LogP contribution is -1.99. The zero-order valence-electron chi connectivity index (χ0n) is 6.86. The molecule has 0 rings (SSSR count). The van der Waals surface area contributed by atoms with Gasteiger partial charge in [-0.1, -0.05) is 44.5 Å². The summed E-state index contributed by atoms with van der Waals surface area (Å²) < 4.78 is 4.91. The fourth-order valence-electron chi connectivity index (χ4n) is 0.514. The van der Waals surface area contributed by atoms with Crippen molar-refractivity contribution >= 4 is 11.6 Å². The van der Waals surface area contributed by atoms with Gasteiger partial charge in [0.2, 0.25) is 0 Å². The van der Waals surface area contributed by atoms with Crippen LogP contribution in [0.25, 0.3) is 0 Å². The lowest BCUT2D eigenvalue weighted by atomic mass is 9.96. The van der Waals surface area contributed by atoms with Gasteiger partial charge in [-0.2, -0.15) is 0 Å². The van der Waals surface area contributed by atoms with Crippen LogP contribution in [0, 0.1) is 5.41 Å². The Morgan fingerprint density at radius 2 is 2.00 bits per heavy atom. The fraction of sp³-hybridized carbons (Fsp3) is 0.750. The number of rotatable bonds is 3. The average Bonchev–Trinajstić information content (AvgIpc) is 1.78. The molecule has 0 spiro atoms. The SMILES string of the molecule is CC(C)(C)C=CCOCCl. The Hall–Kier alpha value is -0.0100. The fourth-order valence-corrected chi connectivity index (χ4v) is 0.603. The molecule has 0 aliphatic rings. The summed E-state index contributed by atoms with van der Waals surface area (Å²) in [6, 6.07) is 0.272. The van der Waals surface area contributed by atoms with Crippen molar-refractivity contribution in [2.75, 3.05) is 12.7 Å². The quantitative estimate of drug-likeness (QED) is 0.352. The van der Waals surface area contributed by atoms with Crippen molar-refractivity contribution in [2.24, 2.45) is 5.41 Å². The van der Waals surface area contributed by atoms with Crippen LogP contribution in [0.15, 0.2) is 12.2 Å². The highest BCUT2D eigenvalue weighted by Gasteiger charge is 2.02. The Labute approximate surface area is 68.0 Å². The molecule has 0 heterocycles. The summed E-state index contributed by atoms with van der Waals surface area (Å²) in [5.41, 5.74) is 0.246. The minimum absolute atomic E-state index is 0.246. The van der Waals surface area contributed by atoms with E-state index in [-0.39, 0.29) is 11.5 Å². The lowest BCUT2D eigenvalue weighted by Gasteiger charge is -2.10. The van der Waals surface area contributed by atoms with E-state index < -0.39 is 0 Å². The number of allylic oxidation sites excluding steroid dienone is 1. The first-order chi connectivity index (χ1) is 4.56. The molecule has 0 aromatic heterocycles. The minimum Gasteiger partial charge on any atom is -0.362 e. The number of alkyl halides is 1.